The molecule has 5 rings (SSSR count). The van der Waals surface area contributed by atoms with E-state index in [9.17, 15) is 18.0 Å². The van der Waals surface area contributed by atoms with E-state index in [1.54, 1.807) is 53.5 Å². The number of hydrogen-bond donors (Lipinski definition) is 1. The molecule has 0 radical (unpaired) electrons. The molecule has 2 heterocycles. The average Bonchev–Trinajstić information content (AvgIpc) is 3.39. The Bertz CT molecular complexity index is 1710. The maximum Gasteiger partial charge on any atom is 0.417 e. The molecule has 0 aliphatic rings. The molecule has 0 saturated heterocycles. The van der Waals surface area contributed by atoms with Gasteiger partial charge in [-0.05, 0) is 66.2 Å². The van der Waals surface area contributed by atoms with E-state index in [-0.39, 0.29) is 5.56 Å². The quantitative estimate of drug-likeness (QED) is 0.219. The first-order valence-electron chi connectivity index (χ1n) is 11.8. The van der Waals surface area contributed by atoms with Crippen molar-refractivity contribution in [2.24, 2.45) is 0 Å². The molecule has 202 valence electrons. The van der Waals surface area contributed by atoms with Gasteiger partial charge in [0.1, 0.15) is 11.4 Å². The predicted molar refractivity (Wildman–Crippen MR) is 148 cm³/mol. The third-order valence-corrected chi connectivity index (χ3v) is 6.67. The van der Waals surface area contributed by atoms with Gasteiger partial charge in [0.25, 0.3) is 5.91 Å². The van der Waals surface area contributed by atoms with Crippen molar-refractivity contribution in [1.82, 2.24) is 14.8 Å². The van der Waals surface area contributed by atoms with E-state index in [0.29, 0.717) is 27.8 Å². The lowest BCUT2D eigenvalue weighted by Crippen LogP contribution is -2.14. The van der Waals surface area contributed by atoms with Gasteiger partial charge in [-0.3, -0.25) is 9.78 Å². The van der Waals surface area contributed by atoms with E-state index < -0.39 is 22.7 Å². The van der Waals surface area contributed by atoms with Crippen molar-refractivity contribution in [3.63, 3.8) is 0 Å². The van der Waals surface area contributed by atoms with E-state index in [2.05, 4.69) is 10.3 Å². The number of carbonyl (C=O) groups is 1. The van der Waals surface area contributed by atoms with Crippen LogP contribution in [0.5, 0.6) is 5.75 Å². The molecule has 0 saturated carbocycles. The maximum atomic E-state index is 13.3. The minimum atomic E-state index is -4.69. The summed E-state index contributed by atoms with van der Waals surface area (Å²) in [6, 6.07) is 18.8. The molecule has 0 unspecified atom stereocenters. The van der Waals surface area contributed by atoms with Gasteiger partial charge in [0.15, 0.2) is 0 Å². The van der Waals surface area contributed by atoms with Crippen LogP contribution in [0.2, 0.25) is 10.0 Å². The van der Waals surface area contributed by atoms with E-state index in [4.69, 9.17) is 33.0 Å². The molecule has 0 bridgehead atoms. The van der Waals surface area contributed by atoms with Crippen LogP contribution in [0.25, 0.3) is 28.1 Å². The number of nitrogens with one attached hydrogen (secondary N) is 1. The number of pyridine rings is 1. The zero-order valence-corrected chi connectivity index (χ0v) is 22.2. The number of alkyl halides is 3. The summed E-state index contributed by atoms with van der Waals surface area (Å²) in [6.07, 6.45) is 0.499. The van der Waals surface area contributed by atoms with Crippen molar-refractivity contribution in [3.05, 3.63) is 113 Å². The fraction of sp³-hybridized carbons (Fsp3) is 0.0690. The van der Waals surface area contributed by atoms with Gasteiger partial charge < -0.3 is 10.1 Å². The van der Waals surface area contributed by atoms with Crippen molar-refractivity contribution in [3.8, 4) is 33.8 Å². The first kappa shape index (κ1) is 27.2. The SMILES string of the molecule is COc1cc(-c2nn(-c3cccc(NC(=O)c4ccc(Cl)c(C(F)(F)F)c4)c3)cc2-c2ccncc2)ccc1Cl. The fourth-order valence-corrected chi connectivity index (χ4v) is 4.50. The summed E-state index contributed by atoms with van der Waals surface area (Å²) in [7, 11) is 1.53. The highest BCUT2D eigenvalue weighted by atomic mass is 35.5. The van der Waals surface area contributed by atoms with Crippen LogP contribution >= 0.6 is 23.2 Å². The van der Waals surface area contributed by atoms with Gasteiger partial charge in [-0.15, -0.1) is 0 Å². The van der Waals surface area contributed by atoms with E-state index in [1.165, 1.54) is 13.2 Å². The van der Waals surface area contributed by atoms with Crippen LogP contribution in [-0.2, 0) is 6.18 Å². The van der Waals surface area contributed by atoms with E-state index in [1.807, 2.05) is 24.4 Å². The Morgan fingerprint density at radius 1 is 0.925 bits per heavy atom. The molecule has 0 aliphatic heterocycles. The van der Waals surface area contributed by atoms with Crippen molar-refractivity contribution < 1.29 is 22.7 Å². The van der Waals surface area contributed by atoms with Gasteiger partial charge in [-0.2, -0.15) is 18.3 Å². The number of amides is 1. The molecule has 5 aromatic rings. The lowest BCUT2D eigenvalue weighted by molar-refractivity contribution is -0.137. The molecular weight excluding hydrogens is 564 g/mol. The summed E-state index contributed by atoms with van der Waals surface area (Å²) < 4.78 is 46.8. The number of methoxy groups -OCH3 is 1. The highest BCUT2D eigenvalue weighted by Gasteiger charge is 2.33. The van der Waals surface area contributed by atoms with Gasteiger partial charge in [0.05, 0.1) is 28.4 Å². The van der Waals surface area contributed by atoms with Crippen molar-refractivity contribution in [2.75, 3.05) is 12.4 Å². The molecule has 40 heavy (non-hydrogen) atoms. The van der Waals surface area contributed by atoms with Crippen molar-refractivity contribution in [2.45, 2.75) is 6.18 Å². The number of carbonyl (C=O) groups excluding carboxylic acids is 1. The van der Waals surface area contributed by atoms with Gasteiger partial charge in [0, 0.05) is 41.0 Å². The van der Waals surface area contributed by atoms with Gasteiger partial charge >= 0.3 is 6.18 Å². The van der Waals surface area contributed by atoms with Crippen LogP contribution in [0.4, 0.5) is 18.9 Å². The molecule has 0 fully saturated rings. The second-order valence-electron chi connectivity index (χ2n) is 8.62. The van der Waals surface area contributed by atoms with Gasteiger partial charge in [-0.25, -0.2) is 4.68 Å². The highest BCUT2D eigenvalue weighted by Crippen LogP contribution is 2.37. The summed E-state index contributed by atoms with van der Waals surface area (Å²) >= 11 is 11.9. The van der Waals surface area contributed by atoms with Crippen LogP contribution in [-0.4, -0.2) is 27.8 Å². The second-order valence-corrected chi connectivity index (χ2v) is 9.43. The summed E-state index contributed by atoms with van der Waals surface area (Å²) in [6.45, 7) is 0. The zero-order chi connectivity index (χ0) is 28.4. The number of hydrogen-bond acceptors (Lipinski definition) is 4. The minimum absolute atomic E-state index is 0.180. The third kappa shape index (κ3) is 5.66. The van der Waals surface area contributed by atoms with Crippen LogP contribution in [0.15, 0.2) is 91.4 Å². The van der Waals surface area contributed by atoms with Gasteiger partial charge in [-0.1, -0.05) is 35.3 Å². The molecule has 1 N–H and O–H groups in total. The number of benzene rings is 3. The molecule has 2 aromatic heterocycles. The number of anilines is 1. The largest absolute Gasteiger partial charge is 0.495 e. The van der Waals surface area contributed by atoms with E-state index in [0.717, 1.165) is 28.8 Å². The average molecular weight is 583 g/mol. The Hall–Kier alpha value is -4.34. The number of halogens is 5. The number of aromatic nitrogens is 3. The van der Waals surface area contributed by atoms with Crippen molar-refractivity contribution >= 4 is 34.8 Å². The molecule has 3 aromatic carbocycles. The topological polar surface area (TPSA) is 69.0 Å². The Labute approximate surface area is 237 Å². The second kappa shape index (κ2) is 11.0. The number of ether oxygens (including phenoxy) is 1. The summed E-state index contributed by atoms with van der Waals surface area (Å²) in [4.78, 5) is 16.9. The molecular formula is C29H19Cl2F3N4O2. The van der Waals surface area contributed by atoms with Crippen LogP contribution in [0, 0.1) is 0 Å². The van der Waals surface area contributed by atoms with Crippen LogP contribution in [0.1, 0.15) is 15.9 Å². The third-order valence-electron chi connectivity index (χ3n) is 6.03. The first-order valence-corrected chi connectivity index (χ1v) is 12.5. The van der Waals surface area contributed by atoms with E-state index >= 15 is 0 Å². The Morgan fingerprint density at radius 2 is 1.68 bits per heavy atom. The van der Waals surface area contributed by atoms with Crippen LogP contribution in [0.3, 0.4) is 0 Å². The highest BCUT2D eigenvalue weighted by molar-refractivity contribution is 6.32. The minimum Gasteiger partial charge on any atom is -0.495 e. The number of nitrogens with zero attached hydrogens (tertiary/aromatic N) is 3. The maximum absolute atomic E-state index is 13.3. The van der Waals surface area contributed by atoms with Gasteiger partial charge in [0.2, 0.25) is 0 Å². The zero-order valence-electron chi connectivity index (χ0n) is 20.7. The molecule has 0 aliphatic carbocycles. The standard InChI is InChI=1S/C29H19Cl2F3N4O2/c1-40-26-14-18(5-8-25(26)31)27-22(17-9-11-35-12-10-17)16-38(37-27)21-4-2-3-20(15-21)36-28(39)19-6-7-24(30)23(13-19)29(32,33)34/h2-16H,1H3,(H,36,39). The summed E-state index contributed by atoms with van der Waals surface area (Å²) in [5.41, 5.74) is 2.80. The lowest BCUT2D eigenvalue weighted by atomic mass is 10.0. The summed E-state index contributed by atoms with van der Waals surface area (Å²) in [5.74, 6) is -0.221. The molecule has 1 amide bonds. The Morgan fingerprint density at radius 3 is 2.40 bits per heavy atom. The molecule has 0 spiro atoms. The van der Waals surface area contributed by atoms with Crippen LogP contribution < -0.4 is 10.1 Å². The monoisotopic (exact) mass is 582 g/mol. The smallest absolute Gasteiger partial charge is 0.417 e. The lowest BCUT2D eigenvalue weighted by Gasteiger charge is -2.12. The molecule has 0 atom stereocenters. The summed E-state index contributed by atoms with van der Waals surface area (Å²) in [5, 5.41) is 7.43. The molecule has 11 heteroatoms. The first-order chi connectivity index (χ1) is 19.1. The number of rotatable bonds is 6. The normalized spacial score (nSPS) is 11.3. The molecule has 6 nitrogen and oxygen atoms in total. The predicted octanol–water partition coefficient (Wildman–Crippen LogP) is 8.19. The Balaban J connectivity index is 1.50. The Kier molecular flexibility index (Phi) is 7.51. The van der Waals surface area contributed by atoms with Crippen molar-refractivity contribution in [1.29, 1.82) is 0 Å². The fourth-order valence-electron chi connectivity index (χ4n) is 4.08.